The molecule has 0 aliphatic carbocycles. The maximum absolute atomic E-state index is 13.7. The highest BCUT2D eigenvalue weighted by Gasteiger charge is 2.62. The van der Waals surface area contributed by atoms with Gasteiger partial charge in [0.2, 0.25) is 11.8 Å². The number of carbonyl (C=O) groups is 2. The van der Waals surface area contributed by atoms with Gasteiger partial charge in [0.05, 0.1) is 6.04 Å². The fourth-order valence-corrected chi connectivity index (χ4v) is 5.33. The number of likely N-dealkylation sites (N-methyl/N-ethyl adjacent to an activating group) is 1. The number of hydrogen-bond donors (Lipinski definition) is 1. The summed E-state index contributed by atoms with van der Waals surface area (Å²) in [5.41, 5.74) is 2.23. The van der Waals surface area contributed by atoms with Crippen LogP contribution < -0.4 is 5.32 Å². The molecule has 4 rings (SSSR count). The molecule has 2 aromatic rings. The van der Waals surface area contributed by atoms with Gasteiger partial charge in [-0.1, -0.05) is 60.5 Å². The van der Waals surface area contributed by atoms with E-state index in [4.69, 9.17) is 23.2 Å². The fourth-order valence-electron chi connectivity index (χ4n) is 4.96. The van der Waals surface area contributed by atoms with Crippen molar-refractivity contribution < 1.29 is 9.59 Å². The summed E-state index contributed by atoms with van der Waals surface area (Å²) in [5.74, 6) is -0.533. The highest BCUT2D eigenvalue weighted by atomic mass is 35.5. The van der Waals surface area contributed by atoms with E-state index in [1.165, 1.54) is 0 Å². The Bertz CT molecular complexity index is 1040. The molecular weight excluding hydrogens is 407 g/mol. The zero-order chi connectivity index (χ0) is 20.9. The largest absolute Gasteiger partial charge is 0.338 e. The smallest absolute Gasteiger partial charge is 0.238 e. The van der Waals surface area contributed by atoms with Crippen molar-refractivity contribution in [3.63, 3.8) is 0 Å². The van der Waals surface area contributed by atoms with Crippen LogP contribution in [-0.2, 0) is 15.0 Å². The third-order valence-electron chi connectivity index (χ3n) is 6.28. The topological polar surface area (TPSA) is 49.4 Å². The van der Waals surface area contributed by atoms with Gasteiger partial charge in [-0.05, 0) is 41.8 Å². The summed E-state index contributed by atoms with van der Waals surface area (Å²) >= 11 is 12.5. The zero-order valence-electron chi connectivity index (χ0n) is 16.3. The van der Waals surface area contributed by atoms with Crippen molar-refractivity contribution in [1.82, 2.24) is 4.90 Å². The quantitative estimate of drug-likeness (QED) is 0.685. The summed E-state index contributed by atoms with van der Waals surface area (Å²) < 4.78 is 0. The van der Waals surface area contributed by atoms with E-state index in [0.29, 0.717) is 22.2 Å². The van der Waals surface area contributed by atoms with Crippen molar-refractivity contribution in [2.45, 2.75) is 37.1 Å². The SMILES string of the molecule is C=C(CC)C1N(C)C(=O)CC(c2cccc(Cl)c2)C12C(=O)Nc1cc(Cl)ccc12. The molecule has 0 bridgehead atoms. The summed E-state index contributed by atoms with van der Waals surface area (Å²) in [7, 11) is 1.75. The third kappa shape index (κ3) is 2.89. The molecule has 1 saturated heterocycles. The van der Waals surface area contributed by atoms with Crippen LogP contribution in [-0.4, -0.2) is 29.8 Å². The van der Waals surface area contributed by atoms with E-state index in [-0.39, 0.29) is 24.2 Å². The number of amides is 2. The minimum atomic E-state index is -1.000. The standard InChI is InChI=1S/C23H22Cl2N2O2/c1-4-13(2)21-23(17-9-8-16(25)11-19(17)26-22(23)29)18(12-20(28)27(21)3)14-6-5-7-15(24)10-14/h5-11,18,21H,2,4,12H2,1,3H3,(H,26,29). The van der Waals surface area contributed by atoms with Gasteiger partial charge < -0.3 is 10.2 Å². The molecule has 2 aliphatic rings. The molecule has 0 radical (unpaired) electrons. The normalized spacial score (nSPS) is 25.9. The summed E-state index contributed by atoms with van der Waals surface area (Å²) in [5, 5.41) is 4.14. The summed E-state index contributed by atoms with van der Waals surface area (Å²) in [6, 6.07) is 12.4. The first-order valence-electron chi connectivity index (χ1n) is 9.61. The van der Waals surface area contributed by atoms with Crippen LogP contribution in [0.25, 0.3) is 0 Å². The van der Waals surface area contributed by atoms with Crippen LogP contribution in [0.15, 0.2) is 54.6 Å². The molecule has 1 N–H and O–H groups in total. The van der Waals surface area contributed by atoms with Gasteiger partial charge in [-0.2, -0.15) is 0 Å². The van der Waals surface area contributed by atoms with Crippen molar-refractivity contribution >= 4 is 40.7 Å². The molecule has 0 saturated carbocycles. The van der Waals surface area contributed by atoms with E-state index in [1.54, 1.807) is 30.1 Å². The second-order valence-electron chi connectivity index (χ2n) is 7.74. The lowest BCUT2D eigenvalue weighted by molar-refractivity contribution is -0.141. The molecule has 3 unspecified atom stereocenters. The summed E-state index contributed by atoms with van der Waals surface area (Å²) in [6.07, 6.45) is 0.863. The number of benzene rings is 2. The Balaban J connectivity index is 2.04. The first-order chi connectivity index (χ1) is 13.8. The number of halogens is 2. The minimum Gasteiger partial charge on any atom is -0.338 e. The molecule has 3 atom stereocenters. The number of piperidine rings is 1. The number of hydrogen-bond acceptors (Lipinski definition) is 2. The Morgan fingerprint density at radius 1 is 1.21 bits per heavy atom. The van der Waals surface area contributed by atoms with Gasteiger partial charge in [0.25, 0.3) is 0 Å². The Labute approximate surface area is 180 Å². The number of nitrogens with one attached hydrogen (secondary N) is 1. The maximum atomic E-state index is 13.7. The molecule has 2 heterocycles. The molecule has 6 heteroatoms. The van der Waals surface area contributed by atoms with Crippen LogP contribution in [0.5, 0.6) is 0 Å². The van der Waals surface area contributed by atoms with Gasteiger partial charge in [0.15, 0.2) is 0 Å². The molecule has 4 nitrogen and oxygen atoms in total. The second-order valence-corrected chi connectivity index (χ2v) is 8.62. The molecule has 2 aromatic carbocycles. The maximum Gasteiger partial charge on any atom is 0.238 e. The van der Waals surface area contributed by atoms with Gasteiger partial charge >= 0.3 is 0 Å². The summed E-state index contributed by atoms with van der Waals surface area (Å²) in [4.78, 5) is 28.4. The number of likely N-dealkylation sites (tertiary alicyclic amines) is 1. The van der Waals surface area contributed by atoms with Crippen molar-refractivity contribution in [2.75, 3.05) is 12.4 Å². The fraction of sp³-hybridized carbons (Fsp3) is 0.304. The molecular formula is C23H22Cl2N2O2. The molecule has 29 heavy (non-hydrogen) atoms. The van der Waals surface area contributed by atoms with Crippen LogP contribution in [0.3, 0.4) is 0 Å². The van der Waals surface area contributed by atoms with Crippen LogP contribution >= 0.6 is 23.2 Å². The van der Waals surface area contributed by atoms with Gasteiger partial charge in [-0.3, -0.25) is 9.59 Å². The minimum absolute atomic E-state index is 0.0181. The first-order valence-corrected chi connectivity index (χ1v) is 10.4. The van der Waals surface area contributed by atoms with E-state index >= 15 is 0 Å². The van der Waals surface area contributed by atoms with Gasteiger partial charge in [0, 0.05) is 35.1 Å². The lowest BCUT2D eigenvalue weighted by Crippen LogP contribution is -2.62. The Kier molecular flexibility index (Phi) is 4.96. The van der Waals surface area contributed by atoms with E-state index in [9.17, 15) is 9.59 Å². The van der Waals surface area contributed by atoms with E-state index in [2.05, 4.69) is 11.9 Å². The Morgan fingerprint density at radius 2 is 1.93 bits per heavy atom. The molecule has 1 spiro atoms. The van der Waals surface area contributed by atoms with Crippen molar-refractivity contribution in [3.8, 4) is 0 Å². The predicted molar refractivity (Wildman–Crippen MR) is 117 cm³/mol. The van der Waals surface area contributed by atoms with Gasteiger partial charge in [-0.25, -0.2) is 0 Å². The highest BCUT2D eigenvalue weighted by Crippen LogP contribution is 2.56. The Morgan fingerprint density at radius 3 is 2.62 bits per heavy atom. The van der Waals surface area contributed by atoms with Crippen LogP contribution in [0, 0.1) is 0 Å². The monoisotopic (exact) mass is 428 g/mol. The van der Waals surface area contributed by atoms with Crippen molar-refractivity contribution in [2.24, 2.45) is 0 Å². The van der Waals surface area contributed by atoms with E-state index in [0.717, 1.165) is 16.7 Å². The molecule has 150 valence electrons. The predicted octanol–water partition coefficient (Wildman–Crippen LogP) is 5.16. The van der Waals surface area contributed by atoms with E-state index < -0.39 is 11.5 Å². The van der Waals surface area contributed by atoms with Crippen molar-refractivity contribution in [3.05, 3.63) is 75.8 Å². The van der Waals surface area contributed by atoms with Crippen LogP contribution in [0.2, 0.25) is 10.0 Å². The first kappa shape index (κ1) is 20.0. The summed E-state index contributed by atoms with van der Waals surface area (Å²) in [6.45, 7) is 6.24. The number of carbonyl (C=O) groups excluding carboxylic acids is 2. The number of nitrogens with zero attached hydrogens (tertiary/aromatic N) is 1. The molecule has 2 amide bonds. The number of anilines is 1. The van der Waals surface area contributed by atoms with Gasteiger partial charge in [0.1, 0.15) is 5.41 Å². The average Bonchev–Trinajstić information content (AvgIpc) is 2.96. The molecule has 0 aromatic heterocycles. The third-order valence-corrected chi connectivity index (χ3v) is 6.75. The van der Waals surface area contributed by atoms with E-state index in [1.807, 2.05) is 31.2 Å². The highest BCUT2D eigenvalue weighted by molar-refractivity contribution is 6.31. The van der Waals surface area contributed by atoms with Gasteiger partial charge in [-0.15, -0.1) is 0 Å². The lowest BCUT2D eigenvalue weighted by atomic mass is 9.58. The molecule has 1 fully saturated rings. The Hall–Kier alpha value is -2.30. The second kappa shape index (κ2) is 7.19. The molecule has 2 aliphatic heterocycles. The average molecular weight is 429 g/mol. The zero-order valence-corrected chi connectivity index (χ0v) is 17.8. The lowest BCUT2D eigenvalue weighted by Gasteiger charge is -2.51. The van der Waals surface area contributed by atoms with Crippen molar-refractivity contribution in [1.29, 1.82) is 0 Å². The van der Waals surface area contributed by atoms with Crippen LogP contribution in [0.1, 0.15) is 36.8 Å². The van der Waals surface area contributed by atoms with Crippen LogP contribution in [0.4, 0.5) is 5.69 Å². The number of fused-ring (bicyclic) bond motifs is 2. The number of rotatable bonds is 3.